The summed E-state index contributed by atoms with van der Waals surface area (Å²) in [5, 5.41) is 2.61. The van der Waals surface area contributed by atoms with Crippen molar-refractivity contribution in [3.63, 3.8) is 0 Å². The van der Waals surface area contributed by atoms with Gasteiger partial charge in [-0.05, 0) is 53.2 Å². The number of hydrogen-bond donors (Lipinski definition) is 1. The summed E-state index contributed by atoms with van der Waals surface area (Å²) in [5.74, 6) is 2.04. The van der Waals surface area contributed by atoms with Crippen LogP contribution < -0.4 is 10.1 Å². The molecule has 0 aliphatic rings. The molecule has 0 aliphatic carbocycles. The van der Waals surface area contributed by atoms with Crippen LogP contribution in [0.3, 0.4) is 0 Å². The molecule has 0 saturated heterocycles. The van der Waals surface area contributed by atoms with Crippen molar-refractivity contribution in [3.05, 3.63) is 78.4 Å². The van der Waals surface area contributed by atoms with Crippen LogP contribution in [0, 0.1) is 17.8 Å². The first-order chi connectivity index (χ1) is 18.6. The lowest BCUT2D eigenvalue weighted by Gasteiger charge is -2.25. The van der Waals surface area contributed by atoms with Gasteiger partial charge in [0.15, 0.2) is 0 Å². The Bertz CT molecular complexity index is 1070. The second kappa shape index (κ2) is 16.7. The van der Waals surface area contributed by atoms with Gasteiger partial charge in [0.25, 0.3) is 0 Å². The SMILES string of the molecule is C=CC(=O)OCCNC(=O)OC(COc1ccc(C(=C(C(C)C)C(C)C)C(C)C)cc1)CSc1ccccc1. The minimum Gasteiger partial charge on any atom is -0.490 e. The molecule has 2 rings (SSSR count). The number of hydrogen-bond acceptors (Lipinski definition) is 6. The molecule has 0 bridgehead atoms. The van der Waals surface area contributed by atoms with Gasteiger partial charge in [-0.1, -0.05) is 84.0 Å². The minimum atomic E-state index is -0.594. The fraction of sp³-hybridized carbons (Fsp3) is 0.438. The van der Waals surface area contributed by atoms with Crippen molar-refractivity contribution in [3.8, 4) is 5.75 Å². The van der Waals surface area contributed by atoms with E-state index < -0.39 is 18.2 Å². The van der Waals surface area contributed by atoms with E-state index in [1.165, 1.54) is 16.7 Å². The number of rotatable bonds is 15. The van der Waals surface area contributed by atoms with E-state index in [1.54, 1.807) is 11.8 Å². The highest BCUT2D eigenvalue weighted by Gasteiger charge is 2.19. The molecule has 1 N–H and O–H groups in total. The fourth-order valence-electron chi connectivity index (χ4n) is 4.42. The van der Waals surface area contributed by atoms with E-state index in [1.807, 2.05) is 42.5 Å². The van der Waals surface area contributed by atoms with Gasteiger partial charge in [0.2, 0.25) is 0 Å². The number of ether oxygens (including phenoxy) is 3. The second-order valence-corrected chi connectivity index (χ2v) is 11.2. The minimum absolute atomic E-state index is 0.0361. The van der Waals surface area contributed by atoms with Gasteiger partial charge in [-0.25, -0.2) is 9.59 Å². The van der Waals surface area contributed by atoms with E-state index in [0.29, 0.717) is 29.3 Å². The molecule has 7 heteroatoms. The Morgan fingerprint density at radius 1 is 0.923 bits per heavy atom. The van der Waals surface area contributed by atoms with Gasteiger partial charge in [-0.2, -0.15) is 0 Å². The fourth-order valence-corrected chi connectivity index (χ4v) is 5.31. The van der Waals surface area contributed by atoms with Crippen molar-refractivity contribution >= 4 is 29.4 Å². The van der Waals surface area contributed by atoms with Crippen LogP contribution in [0.2, 0.25) is 0 Å². The predicted octanol–water partition coefficient (Wildman–Crippen LogP) is 7.40. The predicted molar refractivity (Wildman–Crippen MR) is 160 cm³/mol. The Labute approximate surface area is 238 Å². The van der Waals surface area contributed by atoms with Crippen LogP contribution in [0.4, 0.5) is 4.79 Å². The quantitative estimate of drug-likeness (QED) is 0.107. The lowest BCUT2D eigenvalue weighted by molar-refractivity contribution is -0.137. The van der Waals surface area contributed by atoms with Crippen molar-refractivity contribution in [2.75, 3.05) is 25.5 Å². The lowest BCUT2D eigenvalue weighted by Crippen LogP contribution is -2.35. The Kier molecular flexibility index (Phi) is 13.7. The van der Waals surface area contributed by atoms with Gasteiger partial charge >= 0.3 is 12.1 Å². The van der Waals surface area contributed by atoms with Gasteiger partial charge in [0, 0.05) is 16.7 Å². The molecule has 2 aromatic carbocycles. The normalized spacial score (nSPS) is 11.7. The molecule has 0 fully saturated rings. The molecule has 0 radical (unpaired) electrons. The van der Waals surface area contributed by atoms with E-state index in [0.717, 1.165) is 11.0 Å². The number of allylic oxidation sites excluding steroid dienone is 2. The number of carbonyl (C=O) groups excluding carboxylic acids is 2. The molecular weight excluding hydrogens is 510 g/mol. The lowest BCUT2D eigenvalue weighted by atomic mass is 9.81. The summed E-state index contributed by atoms with van der Waals surface area (Å²) in [6.07, 6.45) is -0.0129. The number of carbonyl (C=O) groups is 2. The Morgan fingerprint density at radius 2 is 1.56 bits per heavy atom. The molecule has 212 valence electrons. The number of benzene rings is 2. The van der Waals surface area contributed by atoms with Crippen LogP contribution in [-0.2, 0) is 14.3 Å². The average molecular weight is 554 g/mol. The van der Waals surface area contributed by atoms with Gasteiger partial charge in [-0.3, -0.25) is 0 Å². The monoisotopic (exact) mass is 553 g/mol. The third kappa shape index (κ3) is 11.2. The zero-order chi connectivity index (χ0) is 28.8. The van der Waals surface area contributed by atoms with Crippen molar-refractivity contribution < 1.29 is 23.8 Å². The maximum atomic E-state index is 12.4. The summed E-state index contributed by atoms with van der Waals surface area (Å²) < 4.78 is 16.6. The Hall–Kier alpha value is -3.19. The maximum Gasteiger partial charge on any atom is 0.407 e. The van der Waals surface area contributed by atoms with E-state index >= 15 is 0 Å². The molecule has 0 heterocycles. The number of amides is 1. The molecule has 1 atom stereocenters. The average Bonchev–Trinajstić information content (AvgIpc) is 2.91. The summed E-state index contributed by atoms with van der Waals surface area (Å²) in [6, 6.07) is 18.1. The van der Waals surface area contributed by atoms with Gasteiger partial charge in [-0.15, -0.1) is 11.8 Å². The highest BCUT2D eigenvalue weighted by Crippen LogP contribution is 2.35. The molecule has 0 spiro atoms. The third-order valence-corrected chi connectivity index (χ3v) is 7.11. The first-order valence-electron chi connectivity index (χ1n) is 13.5. The summed E-state index contributed by atoms with van der Waals surface area (Å²) in [6.45, 7) is 17.2. The smallest absolute Gasteiger partial charge is 0.407 e. The summed E-state index contributed by atoms with van der Waals surface area (Å²) >= 11 is 1.59. The molecule has 1 amide bonds. The number of alkyl carbamates (subject to hydrolysis) is 1. The number of nitrogens with one attached hydrogen (secondary N) is 1. The number of thioether (sulfide) groups is 1. The van der Waals surface area contributed by atoms with Crippen LogP contribution in [0.25, 0.3) is 5.57 Å². The molecule has 0 saturated carbocycles. The molecule has 39 heavy (non-hydrogen) atoms. The molecule has 0 aromatic heterocycles. The Morgan fingerprint density at radius 3 is 2.13 bits per heavy atom. The van der Waals surface area contributed by atoms with Crippen LogP contribution in [-0.4, -0.2) is 43.7 Å². The van der Waals surface area contributed by atoms with Crippen LogP contribution in [0.5, 0.6) is 5.75 Å². The van der Waals surface area contributed by atoms with E-state index in [4.69, 9.17) is 14.2 Å². The molecular formula is C32H43NO5S. The van der Waals surface area contributed by atoms with E-state index in [9.17, 15) is 9.59 Å². The van der Waals surface area contributed by atoms with Gasteiger partial charge in [0.1, 0.15) is 25.1 Å². The number of esters is 1. The zero-order valence-corrected chi connectivity index (χ0v) is 24.9. The van der Waals surface area contributed by atoms with Crippen LogP contribution in [0.1, 0.15) is 47.1 Å². The molecule has 6 nitrogen and oxygen atoms in total. The zero-order valence-electron chi connectivity index (χ0n) is 24.1. The van der Waals surface area contributed by atoms with Crippen molar-refractivity contribution in [2.24, 2.45) is 17.8 Å². The summed E-state index contributed by atoms with van der Waals surface area (Å²) in [4.78, 5) is 24.6. The van der Waals surface area contributed by atoms with E-state index in [-0.39, 0.29) is 19.8 Å². The van der Waals surface area contributed by atoms with Crippen molar-refractivity contribution in [2.45, 2.75) is 52.5 Å². The highest BCUT2D eigenvalue weighted by atomic mass is 32.2. The standard InChI is InChI=1S/C32H43NO5S/c1-8-29(34)36-19-18-33-32(35)38-27(21-39-28-12-10-9-11-13-28)20-37-26-16-14-25(15-17-26)31(24(6)7)30(22(2)3)23(4)5/h8-17,22-24,27H,1,18-21H2,2-7H3,(H,33,35). The van der Waals surface area contributed by atoms with Crippen LogP contribution in [0.15, 0.2) is 77.7 Å². The molecule has 0 aliphatic heterocycles. The highest BCUT2D eigenvalue weighted by molar-refractivity contribution is 7.99. The second-order valence-electron chi connectivity index (χ2n) is 10.1. The van der Waals surface area contributed by atoms with Gasteiger partial charge in [0.05, 0.1) is 6.54 Å². The largest absolute Gasteiger partial charge is 0.490 e. The first kappa shape index (κ1) is 32.0. The van der Waals surface area contributed by atoms with Crippen molar-refractivity contribution in [1.82, 2.24) is 5.32 Å². The molecule has 1 unspecified atom stereocenters. The maximum absolute atomic E-state index is 12.4. The third-order valence-electron chi connectivity index (χ3n) is 5.97. The topological polar surface area (TPSA) is 73.9 Å². The first-order valence-corrected chi connectivity index (χ1v) is 14.5. The van der Waals surface area contributed by atoms with Gasteiger partial charge < -0.3 is 19.5 Å². The Balaban J connectivity index is 2.07. The summed E-state index contributed by atoms with van der Waals surface area (Å²) in [7, 11) is 0. The van der Waals surface area contributed by atoms with Crippen LogP contribution >= 0.6 is 11.8 Å². The summed E-state index contributed by atoms with van der Waals surface area (Å²) in [5.41, 5.74) is 4.08. The molecule has 2 aromatic rings. The van der Waals surface area contributed by atoms with E-state index in [2.05, 4.69) is 65.6 Å². The van der Waals surface area contributed by atoms with Crippen molar-refractivity contribution in [1.29, 1.82) is 0 Å².